The highest BCUT2D eigenvalue weighted by Crippen LogP contribution is 2.24. The fourth-order valence-electron chi connectivity index (χ4n) is 4.19. The lowest BCUT2D eigenvalue weighted by Gasteiger charge is -2.34. The maximum Gasteiger partial charge on any atom is 0.251 e. The molecule has 0 radical (unpaired) electrons. The Kier molecular flexibility index (Phi) is 6.60. The average molecular weight is 400 g/mol. The Morgan fingerprint density at radius 1 is 1.03 bits per heavy atom. The third-order valence-corrected chi connectivity index (χ3v) is 6.11. The van der Waals surface area contributed by atoms with E-state index in [4.69, 9.17) is 0 Å². The summed E-state index contributed by atoms with van der Waals surface area (Å²) in [4.78, 5) is 41.1. The number of benzene rings is 1. The van der Waals surface area contributed by atoms with Crippen LogP contribution < -0.4 is 5.32 Å². The number of amides is 3. The van der Waals surface area contributed by atoms with Crippen LogP contribution in [0, 0.1) is 5.92 Å². The van der Waals surface area contributed by atoms with Crippen LogP contribution in [0.5, 0.6) is 0 Å². The van der Waals surface area contributed by atoms with Crippen LogP contribution in [-0.2, 0) is 9.59 Å². The lowest BCUT2D eigenvalue weighted by Crippen LogP contribution is -2.48. The Morgan fingerprint density at radius 2 is 1.66 bits per heavy atom. The summed E-state index contributed by atoms with van der Waals surface area (Å²) in [6.07, 6.45) is 1.81. The summed E-state index contributed by atoms with van der Waals surface area (Å²) < 4.78 is 0. The van der Waals surface area contributed by atoms with Gasteiger partial charge in [-0.3, -0.25) is 14.4 Å². The van der Waals surface area contributed by atoms with Crippen LogP contribution in [-0.4, -0.2) is 59.2 Å². The summed E-state index contributed by atoms with van der Waals surface area (Å²) >= 11 is 0. The van der Waals surface area contributed by atoms with Gasteiger partial charge in [-0.05, 0) is 50.3 Å². The van der Waals surface area contributed by atoms with Crippen LogP contribution in [0.25, 0.3) is 0 Å². The standard InChI is InChI=1S/C23H33N3O3/c1-15(2)17-5-7-18(8-6-17)22(28)24-20-9-11-25(12-10-20)23(29)19-13-21(27)26(14-19)16(3)4/h5-8,15-16,19-20H,9-14H2,1-4H3,(H,24,28). The van der Waals surface area contributed by atoms with Crippen molar-refractivity contribution >= 4 is 17.7 Å². The normalized spacial score (nSPS) is 20.6. The zero-order valence-electron chi connectivity index (χ0n) is 18.0. The number of hydrogen-bond acceptors (Lipinski definition) is 3. The molecule has 1 aromatic carbocycles. The number of piperidine rings is 1. The molecule has 0 aromatic heterocycles. The molecule has 3 amide bonds. The third-order valence-electron chi connectivity index (χ3n) is 6.11. The van der Waals surface area contributed by atoms with E-state index >= 15 is 0 Å². The van der Waals surface area contributed by atoms with E-state index in [1.165, 1.54) is 5.56 Å². The van der Waals surface area contributed by atoms with Crippen molar-refractivity contribution in [3.8, 4) is 0 Å². The maximum absolute atomic E-state index is 12.8. The van der Waals surface area contributed by atoms with Crippen LogP contribution in [0.2, 0.25) is 0 Å². The Hall–Kier alpha value is -2.37. The molecular weight excluding hydrogens is 366 g/mol. The molecule has 1 aromatic rings. The number of carbonyl (C=O) groups excluding carboxylic acids is 3. The van der Waals surface area contributed by atoms with Gasteiger partial charge in [0.1, 0.15) is 0 Å². The quantitative estimate of drug-likeness (QED) is 0.828. The number of likely N-dealkylation sites (tertiary alicyclic amines) is 2. The van der Waals surface area contributed by atoms with Crippen molar-refractivity contribution in [3.63, 3.8) is 0 Å². The summed E-state index contributed by atoms with van der Waals surface area (Å²) in [5, 5.41) is 3.10. The molecule has 6 heteroatoms. The SMILES string of the molecule is CC(C)c1ccc(C(=O)NC2CCN(C(=O)C3CC(=O)N(C(C)C)C3)CC2)cc1. The van der Waals surface area contributed by atoms with Gasteiger partial charge in [-0.2, -0.15) is 0 Å². The van der Waals surface area contributed by atoms with Crippen molar-refractivity contribution in [1.29, 1.82) is 0 Å². The van der Waals surface area contributed by atoms with E-state index in [1.54, 1.807) is 4.90 Å². The zero-order valence-corrected chi connectivity index (χ0v) is 18.0. The van der Waals surface area contributed by atoms with Gasteiger partial charge in [0.2, 0.25) is 11.8 Å². The first-order chi connectivity index (χ1) is 13.8. The van der Waals surface area contributed by atoms with Gasteiger partial charge in [-0.15, -0.1) is 0 Å². The second kappa shape index (κ2) is 8.97. The van der Waals surface area contributed by atoms with E-state index in [-0.39, 0.29) is 35.7 Å². The van der Waals surface area contributed by atoms with E-state index in [0.29, 0.717) is 37.5 Å². The maximum atomic E-state index is 12.8. The molecule has 29 heavy (non-hydrogen) atoms. The van der Waals surface area contributed by atoms with Crippen LogP contribution in [0.3, 0.4) is 0 Å². The minimum atomic E-state index is -0.226. The topological polar surface area (TPSA) is 69.7 Å². The van der Waals surface area contributed by atoms with Gasteiger partial charge in [0, 0.05) is 43.7 Å². The summed E-state index contributed by atoms with van der Waals surface area (Å²) in [6.45, 7) is 10.0. The molecule has 2 aliphatic rings. The fraction of sp³-hybridized carbons (Fsp3) is 0.609. The van der Waals surface area contributed by atoms with Crippen molar-refractivity contribution in [2.45, 2.75) is 65.0 Å². The number of hydrogen-bond donors (Lipinski definition) is 1. The number of nitrogens with zero attached hydrogens (tertiary/aromatic N) is 2. The predicted octanol–water partition coefficient (Wildman–Crippen LogP) is 2.79. The van der Waals surface area contributed by atoms with Gasteiger partial charge in [0.05, 0.1) is 5.92 Å². The highest BCUT2D eigenvalue weighted by atomic mass is 16.2. The first-order valence-electron chi connectivity index (χ1n) is 10.7. The van der Waals surface area contributed by atoms with Gasteiger partial charge >= 0.3 is 0 Å². The Bertz CT molecular complexity index is 749. The molecule has 158 valence electrons. The molecule has 2 aliphatic heterocycles. The first kappa shape index (κ1) is 21.3. The van der Waals surface area contributed by atoms with Gasteiger partial charge in [0.15, 0.2) is 0 Å². The van der Waals surface area contributed by atoms with E-state index in [1.807, 2.05) is 43.0 Å². The lowest BCUT2D eigenvalue weighted by molar-refractivity contribution is -0.136. The minimum Gasteiger partial charge on any atom is -0.349 e. The van der Waals surface area contributed by atoms with Crippen molar-refractivity contribution in [1.82, 2.24) is 15.1 Å². The van der Waals surface area contributed by atoms with Gasteiger partial charge in [-0.1, -0.05) is 26.0 Å². The second-order valence-corrected chi connectivity index (χ2v) is 8.89. The molecule has 2 fully saturated rings. The predicted molar refractivity (Wildman–Crippen MR) is 113 cm³/mol. The molecule has 6 nitrogen and oxygen atoms in total. The fourth-order valence-corrected chi connectivity index (χ4v) is 4.19. The Morgan fingerprint density at radius 3 is 2.17 bits per heavy atom. The van der Waals surface area contributed by atoms with Crippen molar-refractivity contribution < 1.29 is 14.4 Å². The molecular formula is C23H33N3O3. The summed E-state index contributed by atoms with van der Waals surface area (Å²) in [5.74, 6) is 0.311. The van der Waals surface area contributed by atoms with E-state index < -0.39 is 0 Å². The third kappa shape index (κ3) is 4.98. The van der Waals surface area contributed by atoms with Crippen LogP contribution in [0.15, 0.2) is 24.3 Å². The number of carbonyl (C=O) groups is 3. The monoisotopic (exact) mass is 399 g/mol. The van der Waals surface area contributed by atoms with Gasteiger partial charge in [0.25, 0.3) is 5.91 Å². The number of nitrogens with one attached hydrogen (secondary N) is 1. The van der Waals surface area contributed by atoms with Crippen LogP contribution in [0.4, 0.5) is 0 Å². The van der Waals surface area contributed by atoms with Gasteiger partial charge in [-0.25, -0.2) is 0 Å². The van der Waals surface area contributed by atoms with E-state index in [0.717, 1.165) is 12.8 Å². The van der Waals surface area contributed by atoms with Crippen molar-refractivity contribution in [3.05, 3.63) is 35.4 Å². The number of rotatable bonds is 5. The van der Waals surface area contributed by atoms with Gasteiger partial charge < -0.3 is 15.1 Å². The largest absolute Gasteiger partial charge is 0.349 e. The first-order valence-corrected chi connectivity index (χ1v) is 10.7. The summed E-state index contributed by atoms with van der Waals surface area (Å²) in [6, 6.07) is 7.97. The molecule has 3 rings (SSSR count). The lowest BCUT2D eigenvalue weighted by atomic mass is 10.00. The van der Waals surface area contributed by atoms with Crippen LogP contribution in [0.1, 0.15) is 68.8 Å². The average Bonchev–Trinajstić information content (AvgIpc) is 3.10. The molecule has 2 saturated heterocycles. The summed E-state index contributed by atoms with van der Waals surface area (Å²) in [5.41, 5.74) is 1.89. The molecule has 2 heterocycles. The highest BCUT2D eigenvalue weighted by molar-refractivity contribution is 5.94. The van der Waals surface area contributed by atoms with Crippen molar-refractivity contribution in [2.24, 2.45) is 5.92 Å². The van der Waals surface area contributed by atoms with E-state index in [9.17, 15) is 14.4 Å². The molecule has 0 saturated carbocycles. The Labute approximate surface area is 173 Å². The molecule has 0 bridgehead atoms. The molecule has 0 aliphatic carbocycles. The smallest absolute Gasteiger partial charge is 0.251 e. The second-order valence-electron chi connectivity index (χ2n) is 8.89. The molecule has 1 N–H and O–H groups in total. The van der Waals surface area contributed by atoms with Crippen LogP contribution >= 0.6 is 0 Å². The molecule has 1 unspecified atom stereocenters. The highest BCUT2D eigenvalue weighted by Gasteiger charge is 2.38. The molecule has 1 atom stereocenters. The Balaban J connectivity index is 1.48. The minimum absolute atomic E-state index is 0.0564. The summed E-state index contributed by atoms with van der Waals surface area (Å²) in [7, 11) is 0. The molecule has 0 spiro atoms. The zero-order chi connectivity index (χ0) is 21.1. The van der Waals surface area contributed by atoms with Crippen molar-refractivity contribution in [2.75, 3.05) is 19.6 Å². The van der Waals surface area contributed by atoms with E-state index in [2.05, 4.69) is 19.2 Å².